The van der Waals surface area contributed by atoms with Gasteiger partial charge in [0.2, 0.25) is 0 Å². The number of carbonyl (C=O) groups excluding carboxylic acids is 1. The molecular weight excluding hydrogens is 486 g/mol. The van der Waals surface area contributed by atoms with Gasteiger partial charge in [0.1, 0.15) is 24.0 Å². The molecule has 1 aromatic carbocycles. The van der Waals surface area contributed by atoms with Gasteiger partial charge in [-0.15, -0.1) is 5.06 Å². The van der Waals surface area contributed by atoms with E-state index in [2.05, 4.69) is 21.1 Å². The van der Waals surface area contributed by atoms with Crippen LogP contribution >= 0.6 is 11.6 Å². The molecule has 2 aromatic heterocycles. The Hall–Kier alpha value is -3.62. The quantitative estimate of drug-likeness (QED) is 0.458. The van der Waals surface area contributed by atoms with E-state index in [0.29, 0.717) is 64.1 Å². The maximum absolute atomic E-state index is 11.9. The minimum atomic E-state index is -0.767. The van der Waals surface area contributed by atoms with Crippen LogP contribution in [0.4, 0.5) is 10.6 Å². The summed E-state index contributed by atoms with van der Waals surface area (Å²) in [7, 11) is 0. The van der Waals surface area contributed by atoms with Gasteiger partial charge in [-0.1, -0.05) is 11.6 Å². The fourth-order valence-electron chi connectivity index (χ4n) is 4.38. The summed E-state index contributed by atoms with van der Waals surface area (Å²) in [5.41, 5.74) is 9.12. The number of hydroxylamine groups is 2. The zero-order valence-electron chi connectivity index (χ0n) is 20.8. The Labute approximate surface area is 213 Å². The largest absolute Gasteiger partial charge is 0.528 e. The molecule has 1 aliphatic heterocycles. The number of nitrogens with zero attached hydrogens (tertiary/aromatic N) is 6. The van der Waals surface area contributed by atoms with Crippen molar-refractivity contribution in [2.75, 3.05) is 25.4 Å². The average molecular weight is 514 g/mol. The fourth-order valence-corrected chi connectivity index (χ4v) is 4.64. The topological polar surface area (TPSA) is 141 Å². The Morgan fingerprint density at radius 1 is 1.33 bits per heavy atom. The first-order valence-electron chi connectivity index (χ1n) is 11.6. The van der Waals surface area contributed by atoms with Crippen LogP contribution in [0.3, 0.4) is 0 Å². The molecule has 0 saturated carbocycles. The molecule has 1 aliphatic rings. The molecule has 11 nitrogen and oxygen atoms in total. The van der Waals surface area contributed by atoms with Crippen molar-refractivity contribution in [3.8, 4) is 11.8 Å². The standard InChI is InChI=1S/C24H28ClN7O4/c1-6-34-21-16(14(5)32-23-19(13(4)30-32)22(27)28-11-29-23)7-18(25)17(8-26)20(21)15-9-31(10-15)36-24(33)35-12(2)3/h7,11-12,14-15H,6,9-10H2,1-5H3,(H2,27,28,29). The molecule has 1 atom stereocenters. The number of carbonyl (C=O) groups is 1. The third-order valence-electron chi connectivity index (χ3n) is 6.00. The summed E-state index contributed by atoms with van der Waals surface area (Å²) >= 11 is 6.62. The number of aromatic nitrogens is 4. The second-order valence-electron chi connectivity index (χ2n) is 8.83. The second kappa shape index (κ2) is 10.2. The Morgan fingerprint density at radius 2 is 2.06 bits per heavy atom. The monoisotopic (exact) mass is 513 g/mol. The van der Waals surface area contributed by atoms with Crippen LogP contribution in [0.2, 0.25) is 5.02 Å². The summed E-state index contributed by atoms with van der Waals surface area (Å²) in [4.78, 5) is 25.6. The normalized spacial score (nSPS) is 14.9. The number of halogens is 1. The van der Waals surface area contributed by atoms with Gasteiger partial charge >= 0.3 is 6.16 Å². The minimum absolute atomic E-state index is 0.147. The first kappa shape index (κ1) is 25.5. The molecule has 0 bridgehead atoms. The van der Waals surface area contributed by atoms with E-state index in [-0.39, 0.29) is 18.1 Å². The van der Waals surface area contributed by atoms with Crippen molar-refractivity contribution in [2.45, 2.75) is 52.7 Å². The summed E-state index contributed by atoms with van der Waals surface area (Å²) in [6.07, 6.45) is 0.344. The molecule has 1 saturated heterocycles. The van der Waals surface area contributed by atoms with Crippen molar-refractivity contribution in [2.24, 2.45) is 0 Å². The van der Waals surface area contributed by atoms with Crippen LogP contribution in [0, 0.1) is 18.3 Å². The van der Waals surface area contributed by atoms with Crippen LogP contribution in [0.15, 0.2) is 12.4 Å². The van der Waals surface area contributed by atoms with Gasteiger partial charge in [-0.3, -0.25) is 0 Å². The summed E-state index contributed by atoms with van der Waals surface area (Å²) in [5.74, 6) is 0.764. The van der Waals surface area contributed by atoms with Crippen LogP contribution < -0.4 is 10.5 Å². The molecule has 0 aliphatic carbocycles. The number of anilines is 1. The zero-order valence-corrected chi connectivity index (χ0v) is 21.5. The number of fused-ring (bicyclic) bond motifs is 1. The molecule has 0 amide bonds. The molecule has 36 heavy (non-hydrogen) atoms. The van der Waals surface area contributed by atoms with E-state index in [4.69, 9.17) is 31.6 Å². The smallest absolute Gasteiger partial charge is 0.493 e. The number of nitrogens with two attached hydrogens (primary N) is 1. The first-order chi connectivity index (χ1) is 17.2. The summed E-state index contributed by atoms with van der Waals surface area (Å²) < 4.78 is 12.9. The Morgan fingerprint density at radius 3 is 2.69 bits per heavy atom. The number of nitriles is 1. The van der Waals surface area contributed by atoms with Gasteiger partial charge in [0, 0.05) is 30.1 Å². The van der Waals surface area contributed by atoms with E-state index < -0.39 is 6.16 Å². The highest BCUT2D eigenvalue weighted by molar-refractivity contribution is 6.32. The van der Waals surface area contributed by atoms with Gasteiger partial charge in [-0.25, -0.2) is 19.4 Å². The molecular formula is C24H28ClN7O4. The van der Waals surface area contributed by atoms with Crippen molar-refractivity contribution in [1.82, 2.24) is 24.8 Å². The molecule has 4 rings (SSSR count). The Kier molecular flexibility index (Phi) is 7.19. The van der Waals surface area contributed by atoms with E-state index >= 15 is 0 Å². The summed E-state index contributed by atoms with van der Waals surface area (Å²) in [6, 6.07) is 3.60. The van der Waals surface area contributed by atoms with Crippen LogP contribution in [-0.4, -0.2) is 56.8 Å². The number of benzene rings is 1. The maximum atomic E-state index is 11.9. The number of rotatable bonds is 7. The van der Waals surface area contributed by atoms with Crippen molar-refractivity contribution >= 4 is 34.6 Å². The average Bonchev–Trinajstić information content (AvgIpc) is 3.13. The summed E-state index contributed by atoms with van der Waals surface area (Å²) in [6.45, 7) is 10.3. The highest BCUT2D eigenvalue weighted by atomic mass is 35.5. The molecule has 3 aromatic rings. The van der Waals surface area contributed by atoms with Crippen molar-refractivity contribution in [3.63, 3.8) is 0 Å². The molecule has 1 fully saturated rings. The number of hydrogen-bond donors (Lipinski definition) is 1. The third kappa shape index (κ3) is 4.62. The fraction of sp³-hybridized carbons (Fsp3) is 0.458. The van der Waals surface area contributed by atoms with Gasteiger partial charge in [0.05, 0.1) is 40.4 Å². The predicted octanol–water partition coefficient (Wildman–Crippen LogP) is 4.13. The van der Waals surface area contributed by atoms with Crippen LogP contribution in [0.25, 0.3) is 11.0 Å². The van der Waals surface area contributed by atoms with E-state index in [9.17, 15) is 10.1 Å². The lowest BCUT2D eigenvalue weighted by Gasteiger charge is -2.38. The predicted molar refractivity (Wildman–Crippen MR) is 133 cm³/mol. The third-order valence-corrected chi connectivity index (χ3v) is 6.30. The van der Waals surface area contributed by atoms with Gasteiger partial charge in [0.15, 0.2) is 5.65 Å². The van der Waals surface area contributed by atoms with E-state index in [0.717, 1.165) is 5.56 Å². The van der Waals surface area contributed by atoms with Crippen LogP contribution in [0.1, 0.15) is 62.0 Å². The lowest BCUT2D eigenvalue weighted by atomic mass is 9.86. The highest BCUT2D eigenvalue weighted by Crippen LogP contribution is 2.44. The van der Waals surface area contributed by atoms with E-state index in [1.807, 2.05) is 20.8 Å². The molecule has 0 radical (unpaired) electrons. The van der Waals surface area contributed by atoms with Crippen molar-refractivity contribution < 1.29 is 19.1 Å². The Bertz CT molecular complexity index is 1340. The first-order valence-corrected chi connectivity index (χ1v) is 12.0. The lowest BCUT2D eigenvalue weighted by molar-refractivity contribution is -0.176. The summed E-state index contributed by atoms with van der Waals surface area (Å²) in [5, 5.41) is 17.1. The van der Waals surface area contributed by atoms with Gasteiger partial charge in [-0.05, 0) is 40.7 Å². The molecule has 0 spiro atoms. The molecule has 2 N–H and O–H groups in total. The number of hydrogen-bond acceptors (Lipinski definition) is 10. The highest BCUT2D eigenvalue weighted by Gasteiger charge is 2.38. The van der Waals surface area contributed by atoms with E-state index in [1.165, 1.54) is 11.4 Å². The van der Waals surface area contributed by atoms with Crippen LogP contribution in [0.5, 0.6) is 5.75 Å². The van der Waals surface area contributed by atoms with E-state index in [1.54, 1.807) is 24.6 Å². The van der Waals surface area contributed by atoms with Gasteiger partial charge in [-0.2, -0.15) is 10.4 Å². The number of nitrogen functional groups attached to an aromatic ring is 1. The maximum Gasteiger partial charge on any atom is 0.528 e. The molecule has 3 heterocycles. The molecule has 1 unspecified atom stereocenters. The molecule has 12 heteroatoms. The second-order valence-corrected chi connectivity index (χ2v) is 9.23. The van der Waals surface area contributed by atoms with Crippen molar-refractivity contribution in [1.29, 1.82) is 5.26 Å². The number of ether oxygens (including phenoxy) is 2. The SMILES string of the molecule is CCOc1c(C(C)n2nc(C)c3c(N)ncnc32)cc(Cl)c(C#N)c1C1CN(OC(=O)OC(C)C)C1. The van der Waals surface area contributed by atoms with Crippen molar-refractivity contribution in [3.05, 3.63) is 39.8 Å². The Balaban J connectivity index is 1.74. The van der Waals surface area contributed by atoms with Crippen LogP contribution in [-0.2, 0) is 9.57 Å². The minimum Gasteiger partial charge on any atom is -0.493 e. The van der Waals surface area contributed by atoms with Gasteiger partial charge in [0.25, 0.3) is 0 Å². The zero-order chi connectivity index (χ0) is 26.1. The molecule has 190 valence electrons. The number of aryl methyl sites for hydroxylation is 1. The lowest BCUT2D eigenvalue weighted by Crippen LogP contribution is -2.46. The van der Waals surface area contributed by atoms with Gasteiger partial charge < -0.3 is 20.0 Å².